The van der Waals surface area contributed by atoms with E-state index >= 15 is 0 Å². The number of ether oxygens (including phenoxy) is 2. The second-order valence-corrected chi connectivity index (χ2v) is 5.83. The minimum Gasteiger partial charge on any atom is -0.469 e. The second kappa shape index (κ2) is 10.6. The molecule has 0 aliphatic rings. The van der Waals surface area contributed by atoms with Crippen molar-refractivity contribution in [2.75, 3.05) is 26.8 Å². The molecule has 1 rings (SSSR count). The molecule has 0 aromatic carbocycles. The van der Waals surface area contributed by atoms with Crippen molar-refractivity contribution in [3.8, 4) is 0 Å². The van der Waals surface area contributed by atoms with E-state index in [0.717, 1.165) is 0 Å². The predicted octanol–water partition coefficient (Wildman–Crippen LogP) is 2.75. The summed E-state index contributed by atoms with van der Waals surface area (Å²) in [6.45, 7) is 7.05. The number of rotatable bonds is 10. The summed E-state index contributed by atoms with van der Waals surface area (Å²) in [6.07, 6.45) is 5.47. The summed E-state index contributed by atoms with van der Waals surface area (Å²) in [4.78, 5) is 25.7. The summed E-state index contributed by atoms with van der Waals surface area (Å²) in [5.41, 5.74) is 0. The second-order valence-electron chi connectivity index (χ2n) is 5.83. The fourth-order valence-corrected chi connectivity index (χ4v) is 2.12. The molecule has 1 heterocycles. The number of nitrogens with zero attached hydrogens (tertiary/aromatic N) is 1. The topological polar surface area (TPSA) is 69.0 Å². The van der Waals surface area contributed by atoms with E-state index in [1.54, 1.807) is 36.3 Å². The molecule has 0 aliphatic heterocycles. The monoisotopic (exact) mass is 337 g/mol. The van der Waals surface area contributed by atoms with Crippen molar-refractivity contribution in [2.45, 2.75) is 33.3 Å². The molecule has 24 heavy (non-hydrogen) atoms. The van der Waals surface area contributed by atoms with E-state index in [1.807, 2.05) is 13.8 Å². The van der Waals surface area contributed by atoms with Crippen LogP contribution in [-0.2, 0) is 19.1 Å². The molecule has 0 saturated carbocycles. The van der Waals surface area contributed by atoms with Gasteiger partial charge in [-0.2, -0.15) is 0 Å². The van der Waals surface area contributed by atoms with Crippen molar-refractivity contribution in [3.63, 3.8) is 0 Å². The molecule has 0 fully saturated rings. The average molecular weight is 337 g/mol. The van der Waals surface area contributed by atoms with Gasteiger partial charge in [-0.3, -0.25) is 9.59 Å². The maximum Gasteiger partial charge on any atom is 0.310 e. The van der Waals surface area contributed by atoms with Gasteiger partial charge in [0.25, 0.3) is 0 Å². The quantitative estimate of drug-likeness (QED) is 0.373. The summed E-state index contributed by atoms with van der Waals surface area (Å²) in [6, 6.07) is 3.52. The fraction of sp³-hybridized carbons (Fsp3) is 0.556. The largest absolute Gasteiger partial charge is 0.469 e. The zero-order valence-corrected chi connectivity index (χ0v) is 14.9. The standard InChI is InChI=1S/C18H27NO5/c1-14(2)23-12-6-10-19(13-15(3)18(21)22-4)17(20)9-8-16-7-5-11-24-16/h5,7-9,11,14-15H,6,10,12-13H2,1-4H3/b9-8+. The number of hydrogen-bond donors (Lipinski definition) is 0. The summed E-state index contributed by atoms with van der Waals surface area (Å²) >= 11 is 0. The van der Waals surface area contributed by atoms with Crippen molar-refractivity contribution in [2.24, 2.45) is 5.92 Å². The zero-order valence-electron chi connectivity index (χ0n) is 14.9. The van der Waals surface area contributed by atoms with E-state index in [2.05, 4.69) is 0 Å². The van der Waals surface area contributed by atoms with Gasteiger partial charge in [-0.1, -0.05) is 6.92 Å². The Morgan fingerprint density at radius 2 is 2.08 bits per heavy atom. The molecule has 1 amide bonds. The Morgan fingerprint density at radius 3 is 2.67 bits per heavy atom. The molecule has 1 unspecified atom stereocenters. The molecule has 6 nitrogen and oxygen atoms in total. The van der Waals surface area contributed by atoms with Gasteiger partial charge in [0.2, 0.25) is 5.91 Å². The van der Waals surface area contributed by atoms with Gasteiger partial charge in [0.15, 0.2) is 0 Å². The van der Waals surface area contributed by atoms with Gasteiger partial charge in [0, 0.05) is 25.8 Å². The third-order valence-electron chi connectivity index (χ3n) is 3.37. The maximum atomic E-state index is 12.4. The Hall–Kier alpha value is -2.08. The molecule has 6 heteroatoms. The van der Waals surface area contributed by atoms with E-state index in [-0.39, 0.29) is 23.9 Å². The summed E-state index contributed by atoms with van der Waals surface area (Å²) in [5.74, 6) is -0.289. The normalized spacial score (nSPS) is 12.5. The van der Waals surface area contributed by atoms with E-state index in [0.29, 0.717) is 31.9 Å². The van der Waals surface area contributed by atoms with Gasteiger partial charge < -0.3 is 18.8 Å². The summed E-state index contributed by atoms with van der Waals surface area (Å²) in [5, 5.41) is 0. The SMILES string of the molecule is COC(=O)C(C)CN(CCCOC(C)C)C(=O)/C=C/c1ccco1. The van der Waals surface area contributed by atoms with Crippen LogP contribution in [-0.4, -0.2) is 49.7 Å². The minimum atomic E-state index is -0.387. The Balaban J connectivity index is 2.64. The van der Waals surface area contributed by atoms with Crippen molar-refractivity contribution in [1.29, 1.82) is 0 Å². The van der Waals surface area contributed by atoms with E-state index < -0.39 is 0 Å². The lowest BCUT2D eigenvalue weighted by Gasteiger charge is -2.24. The lowest BCUT2D eigenvalue weighted by atomic mass is 10.1. The van der Waals surface area contributed by atoms with Crippen LogP contribution in [0.3, 0.4) is 0 Å². The summed E-state index contributed by atoms with van der Waals surface area (Å²) in [7, 11) is 1.35. The molecule has 0 aliphatic carbocycles. The van der Waals surface area contributed by atoms with E-state index in [4.69, 9.17) is 13.9 Å². The van der Waals surface area contributed by atoms with Crippen LogP contribution in [0.25, 0.3) is 6.08 Å². The van der Waals surface area contributed by atoms with Crippen LogP contribution >= 0.6 is 0 Å². The van der Waals surface area contributed by atoms with E-state index in [9.17, 15) is 9.59 Å². The Morgan fingerprint density at radius 1 is 1.33 bits per heavy atom. The third-order valence-corrected chi connectivity index (χ3v) is 3.37. The summed E-state index contributed by atoms with van der Waals surface area (Å²) < 4.78 is 15.4. The number of furan rings is 1. The van der Waals surface area contributed by atoms with Crippen LogP contribution in [0.2, 0.25) is 0 Å². The molecular weight excluding hydrogens is 310 g/mol. The van der Waals surface area contributed by atoms with Crippen LogP contribution in [0.5, 0.6) is 0 Å². The molecule has 0 N–H and O–H groups in total. The van der Waals surface area contributed by atoms with Crippen LogP contribution in [0.15, 0.2) is 28.9 Å². The molecule has 0 radical (unpaired) electrons. The zero-order chi connectivity index (χ0) is 17.9. The maximum absolute atomic E-state index is 12.4. The van der Waals surface area contributed by atoms with Crippen molar-refractivity contribution < 1.29 is 23.5 Å². The Labute approximate surface area is 143 Å². The van der Waals surface area contributed by atoms with Crippen LogP contribution in [0.1, 0.15) is 33.0 Å². The van der Waals surface area contributed by atoms with Crippen LogP contribution in [0.4, 0.5) is 0 Å². The smallest absolute Gasteiger partial charge is 0.310 e. The van der Waals surface area contributed by atoms with Gasteiger partial charge in [0.1, 0.15) is 5.76 Å². The highest BCUT2D eigenvalue weighted by molar-refractivity contribution is 5.91. The molecule has 1 atom stereocenters. The van der Waals surface area contributed by atoms with Gasteiger partial charge in [-0.05, 0) is 38.5 Å². The lowest BCUT2D eigenvalue weighted by molar-refractivity contribution is -0.146. The predicted molar refractivity (Wildman–Crippen MR) is 91.2 cm³/mol. The first-order valence-corrected chi connectivity index (χ1v) is 8.14. The van der Waals surface area contributed by atoms with E-state index in [1.165, 1.54) is 13.2 Å². The number of hydrogen-bond acceptors (Lipinski definition) is 5. The Bertz CT molecular complexity index is 522. The minimum absolute atomic E-state index is 0.155. The highest BCUT2D eigenvalue weighted by atomic mass is 16.5. The molecular formula is C18H27NO5. The first-order valence-electron chi connectivity index (χ1n) is 8.14. The third kappa shape index (κ3) is 7.46. The molecule has 1 aromatic rings. The highest BCUT2D eigenvalue weighted by Gasteiger charge is 2.20. The number of methoxy groups -OCH3 is 1. The number of carbonyl (C=O) groups is 2. The number of esters is 1. The van der Waals surface area contributed by atoms with Crippen molar-refractivity contribution >= 4 is 18.0 Å². The van der Waals surface area contributed by atoms with Crippen molar-refractivity contribution in [1.82, 2.24) is 4.90 Å². The van der Waals surface area contributed by atoms with Gasteiger partial charge in [-0.25, -0.2) is 0 Å². The Kier molecular flexibility index (Phi) is 8.86. The first kappa shape index (κ1) is 20.0. The molecule has 0 spiro atoms. The van der Waals surface area contributed by atoms with Gasteiger partial charge in [0.05, 0.1) is 25.4 Å². The van der Waals surface area contributed by atoms with Crippen LogP contribution in [0, 0.1) is 5.92 Å². The van der Waals surface area contributed by atoms with Crippen LogP contribution < -0.4 is 0 Å². The number of amides is 1. The van der Waals surface area contributed by atoms with Gasteiger partial charge >= 0.3 is 5.97 Å². The molecule has 134 valence electrons. The number of carbonyl (C=O) groups excluding carboxylic acids is 2. The van der Waals surface area contributed by atoms with Crippen molar-refractivity contribution in [3.05, 3.63) is 30.2 Å². The molecule has 0 saturated heterocycles. The molecule has 0 bridgehead atoms. The molecule has 1 aromatic heterocycles. The first-order chi connectivity index (χ1) is 11.4. The average Bonchev–Trinajstić information content (AvgIpc) is 3.07. The highest BCUT2D eigenvalue weighted by Crippen LogP contribution is 2.07. The fourth-order valence-electron chi connectivity index (χ4n) is 2.12. The lowest BCUT2D eigenvalue weighted by Crippen LogP contribution is -2.37. The van der Waals surface area contributed by atoms with Gasteiger partial charge in [-0.15, -0.1) is 0 Å².